The van der Waals surface area contributed by atoms with Crippen LogP contribution in [0.4, 0.5) is 8.78 Å². The minimum absolute atomic E-state index is 0.130. The van der Waals surface area contributed by atoms with E-state index in [-0.39, 0.29) is 21.4 Å². The van der Waals surface area contributed by atoms with Crippen LogP contribution in [-0.2, 0) is 0 Å². The Morgan fingerprint density at radius 1 is 1.53 bits per heavy atom. The van der Waals surface area contributed by atoms with Crippen LogP contribution >= 0.6 is 15.9 Å². The Hall–Kier alpha value is -1.28. The summed E-state index contributed by atoms with van der Waals surface area (Å²) in [6, 6.07) is 4.09. The van der Waals surface area contributed by atoms with Gasteiger partial charge in [-0.25, -0.2) is 8.78 Å². The number of halogens is 3. The maximum atomic E-state index is 12.6. The first-order valence-corrected chi connectivity index (χ1v) is 4.79. The lowest BCUT2D eigenvalue weighted by Crippen LogP contribution is -1.99. The molecule has 0 bridgehead atoms. The van der Waals surface area contributed by atoms with Crippen LogP contribution in [0.3, 0.4) is 0 Å². The summed E-state index contributed by atoms with van der Waals surface area (Å²) in [6.07, 6.45) is -2.77. The fourth-order valence-electron chi connectivity index (χ4n) is 1.12. The number of Topliss-reactive ketones (excluding diaryl/α,β-unsaturated/α-hetero) is 1. The molecule has 0 amide bonds. The SMILES string of the molecule is CC(=O)c1cc(Br)c(C#N)c(C(F)F)c1. The van der Waals surface area contributed by atoms with Crippen molar-refractivity contribution in [2.24, 2.45) is 0 Å². The van der Waals surface area contributed by atoms with E-state index in [0.717, 1.165) is 6.07 Å². The van der Waals surface area contributed by atoms with Crippen LogP contribution in [0.25, 0.3) is 0 Å². The van der Waals surface area contributed by atoms with Gasteiger partial charge in [-0.2, -0.15) is 5.26 Å². The molecule has 0 unspecified atom stereocenters. The van der Waals surface area contributed by atoms with Crippen molar-refractivity contribution in [3.63, 3.8) is 0 Å². The highest BCUT2D eigenvalue weighted by Crippen LogP contribution is 2.29. The largest absolute Gasteiger partial charge is 0.295 e. The van der Waals surface area contributed by atoms with Crippen molar-refractivity contribution in [2.75, 3.05) is 0 Å². The van der Waals surface area contributed by atoms with Crippen LogP contribution < -0.4 is 0 Å². The highest BCUT2D eigenvalue weighted by molar-refractivity contribution is 9.10. The molecule has 0 saturated heterocycles. The zero-order valence-electron chi connectivity index (χ0n) is 7.72. The Bertz CT molecular complexity index is 451. The zero-order valence-corrected chi connectivity index (χ0v) is 9.31. The second kappa shape index (κ2) is 4.49. The van der Waals surface area contributed by atoms with E-state index in [1.165, 1.54) is 13.0 Å². The van der Waals surface area contributed by atoms with Gasteiger partial charge in [-0.3, -0.25) is 4.79 Å². The molecule has 0 aromatic heterocycles. The highest BCUT2D eigenvalue weighted by atomic mass is 79.9. The van der Waals surface area contributed by atoms with E-state index in [4.69, 9.17) is 5.26 Å². The maximum Gasteiger partial charge on any atom is 0.265 e. The fraction of sp³-hybridized carbons (Fsp3) is 0.200. The second-order valence-corrected chi connectivity index (χ2v) is 3.75. The molecule has 0 saturated carbocycles. The summed E-state index contributed by atoms with van der Waals surface area (Å²) in [5, 5.41) is 8.68. The number of hydrogen-bond acceptors (Lipinski definition) is 2. The molecule has 0 heterocycles. The number of hydrogen-bond donors (Lipinski definition) is 0. The molecule has 2 nitrogen and oxygen atoms in total. The first kappa shape index (κ1) is 11.8. The van der Waals surface area contributed by atoms with Crippen LogP contribution in [0, 0.1) is 11.3 Å². The smallest absolute Gasteiger partial charge is 0.265 e. The van der Waals surface area contributed by atoms with Crippen molar-refractivity contribution >= 4 is 21.7 Å². The molecular weight excluding hydrogens is 268 g/mol. The van der Waals surface area contributed by atoms with Gasteiger partial charge in [0.05, 0.1) is 5.56 Å². The molecular formula is C10H6BrF2NO. The Kier molecular flexibility index (Phi) is 3.53. The van der Waals surface area contributed by atoms with Gasteiger partial charge in [0.15, 0.2) is 5.78 Å². The number of nitrogens with zero attached hydrogens (tertiary/aromatic N) is 1. The summed E-state index contributed by atoms with van der Waals surface area (Å²) >= 11 is 2.99. The number of carbonyl (C=O) groups excluding carboxylic acids is 1. The van der Waals surface area contributed by atoms with E-state index in [2.05, 4.69) is 15.9 Å². The molecule has 0 radical (unpaired) electrons. The molecule has 0 aliphatic carbocycles. The maximum absolute atomic E-state index is 12.6. The average molecular weight is 274 g/mol. The molecule has 15 heavy (non-hydrogen) atoms. The normalized spacial score (nSPS) is 10.1. The quantitative estimate of drug-likeness (QED) is 0.775. The van der Waals surface area contributed by atoms with Crippen LogP contribution in [0.2, 0.25) is 0 Å². The van der Waals surface area contributed by atoms with E-state index in [1.807, 2.05) is 0 Å². The van der Waals surface area contributed by atoms with Crippen molar-refractivity contribution in [3.05, 3.63) is 33.3 Å². The Balaban J connectivity index is 3.47. The Labute approximate surface area is 93.6 Å². The molecule has 1 rings (SSSR count). The lowest BCUT2D eigenvalue weighted by molar-refractivity contribution is 0.101. The third-order valence-corrected chi connectivity index (χ3v) is 2.50. The lowest BCUT2D eigenvalue weighted by atomic mass is 10.0. The van der Waals surface area contributed by atoms with Gasteiger partial charge in [0.2, 0.25) is 0 Å². The molecule has 1 aromatic rings. The third-order valence-electron chi connectivity index (χ3n) is 1.87. The Morgan fingerprint density at radius 3 is 2.53 bits per heavy atom. The second-order valence-electron chi connectivity index (χ2n) is 2.89. The van der Waals surface area contributed by atoms with E-state index >= 15 is 0 Å². The summed E-state index contributed by atoms with van der Waals surface area (Å²) < 4.78 is 25.3. The summed E-state index contributed by atoms with van der Waals surface area (Å²) in [6.45, 7) is 1.28. The topological polar surface area (TPSA) is 40.9 Å². The molecule has 0 aliphatic heterocycles. The molecule has 5 heteroatoms. The third kappa shape index (κ3) is 2.39. The molecule has 0 aliphatic rings. The first-order chi connectivity index (χ1) is 6.97. The predicted molar refractivity (Wildman–Crippen MR) is 53.8 cm³/mol. The van der Waals surface area contributed by atoms with Crippen LogP contribution in [0.5, 0.6) is 0 Å². The minimum atomic E-state index is -2.77. The van der Waals surface area contributed by atoms with E-state index in [1.54, 1.807) is 6.07 Å². The number of nitriles is 1. The van der Waals surface area contributed by atoms with Gasteiger partial charge in [-0.05, 0) is 35.0 Å². The molecule has 0 fully saturated rings. The van der Waals surface area contributed by atoms with Crippen LogP contribution in [-0.4, -0.2) is 5.78 Å². The van der Waals surface area contributed by atoms with Gasteiger partial charge in [0, 0.05) is 15.6 Å². The highest BCUT2D eigenvalue weighted by Gasteiger charge is 2.18. The predicted octanol–water partition coefficient (Wildman–Crippen LogP) is 3.46. The molecule has 0 N–H and O–H groups in total. The van der Waals surface area contributed by atoms with Crippen molar-refractivity contribution in [2.45, 2.75) is 13.3 Å². The van der Waals surface area contributed by atoms with Crippen molar-refractivity contribution < 1.29 is 13.6 Å². The van der Waals surface area contributed by atoms with Crippen molar-refractivity contribution in [1.29, 1.82) is 5.26 Å². The van der Waals surface area contributed by atoms with Gasteiger partial charge in [-0.1, -0.05) is 0 Å². The van der Waals surface area contributed by atoms with Gasteiger partial charge < -0.3 is 0 Å². The standard InChI is InChI=1S/C10H6BrF2NO/c1-5(15)6-2-7(10(12)13)8(4-14)9(11)3-6/h2-3,10H,1H3. The molecule has 78 valence electrons. The van der Waals surface area contributed by atoms with E-state index in [0.29, 0.717) is 0 Å². The summed E-state index contributed by atoms with van der Waals surface area (Å²) in [7, 11) is 0. The van der Waals surface area contributed by atoms with Gasteiger partial charge >= 0.3 is 0 Å². The first-order valence-electron chi connectivity index (χ1n) is 4.00. The molecule has 0 spiro atoms. The minimum Gasteiger partial charge on any atom is -0.295 e. The van der Waals surface area contributed by atoms with Gasteiger partial charge in [0.1, 0.15) is 6.07 Å². The fourth-order valence-corrected chi connectivity index (χ4v) is 1.69. The average Bonchev–Trinajstić information content (AvgIpc) is 2.16. The summed E-state index contributed by atoms with van der Waals surface area (Å²) in [5.41, 5.74) is -0.386. The van der Waals surface area contributed by atoms with Crippen molar-refractivity contribution in [1.82, 2.24) is 0 Å². The zero-order chi connectivity index (χ0) is 11.6. The number of carbonyl (C=O) groups is 1. The molecule has 1 aromatic carbocycles. The van der Waals surface area contributed by atoms with E-state index in [9.17, 15) is 13.6 Å². The lowest BCUT2D eigenvalue weighted by Gasteiger charge is -2.06. The van der Waals surface area contributed by atoms with Crippen LogP contribution in [0.15, 0.2) is 16.6 Å². The van der Waals surface area contributed by atoms with E-state index < -0.39 is 12.0 Å². The number of benzene rings is 1. The van der Waals surface area contributed by atoms with Gasteiger partial charge in [-0.15, -0.1) is 0 Å². The molecule has 0 atom stereocenters. The monoisotopic (exact) mass is 273 g/mol. The number of ketones is 1. The van der Waals surface area contributed by atoms with Crippen LogP contribution in [0.1, 0.15) is 34.8 Å². The number of rotatable bonds is 2. The van der Waals surface area contributed by atoms with Crippen molar-refractivity contribution in [3.8, 4) is 6.07 Å². The Morgan fingerprint density at radius 2 is 2.13 bits per heavy atom. The number of alkyl halides is 2. The summed E-state index contributed by atoms with van der Waals surface area (Å²) in [4.78, 5) is 11.0. The van der Waals surface area contributed by atoms with Gasteiger partial charge in [0.25, 0.3) is 6.43 Å². The summed E-state index contributed by atoms with van der Waals surface area (Å²) in [5.74, 6) is -0.318.